The summed E-state index contributed by atoms with van der Waals surface area (Å²) in [4.78, 5) is 2.97. The second-order valence-corrected chi connectivity index (χ2v) is 3.39. The average molecular weight is 271 g/mol. The maximum atomic E-state index is 12.6. The topological polar surface area (TPSA) is 36.7 Å². The minimum absolute atomic E-state index is 0.507. The van der Waals surface area contributed by atoms with Gasteiger partial charge in [0.05, 0.1) is 17.5 Å². The largest absolute Gasteiger partial charge is 0.433 e. The Balaban J connectivity index is 3.54. The number of aromatic nitrogens is 1. The Bertz CT molecular complexity index is 464. The van der Waals surface area contributed by atoms with E-state index in [0.717, 1.165) is 0 Å². The second-order valence-electron chi connectivity index (χ2n) is 2.98. The summed E-state index contributed by atoms with van der Waals surface area (Å²) < 4.78 is 62.6. The van der Waals surface area contributed by atoms with Crippen LogP contribution in [-0.4, -0.2) is 4.98 Å². The van der Waals surface area contributed by atoms with Crippen molar-refractivity contribution in [1.82, 2.24) is 4.98 Å². The van der Waals surface area contributed by atoms with Crippen molar-refractivity contribution in [2.24, 2.45) is 0 Å². The maximum absolute atomic E-state index is 12.6. The van der Waals surface area contributed by atoms with E-state index < -0.39 is 40.9 Å². The maximum Gasteiger partial charge on any atom is 0.433 e. The van der Waals surface area contributed by atoms with Gasteiger partial charge < -0.3 is 0 Å². The molecule has 0 N–H and O–H groups in total. The van der Waals surface area contributed by atoms with Crippen molar-refractivity contribution in [3.05, 3.63) is 28.0 Å². The molecule has 0 aromatic carbocycles. The fraction of sp³-hybridized carbons (Fsp3) is 0.333. The van der Waals surface area contributed by atoms with E-state index in [9.17, 15) is 22.0 Å². The Labute approximate surface area is 97.6 Å². The molecule has 0 spiro atoms. The molecule has 0 aliphatic rings. The van der Waals surface area contributed by atoms with Gasteiger partial charge in [-0.15, -0.1) is 0 Å². The number of halogens is 6. The molecule has 0 saturated heterocycles. The molecule has 0 amide bonds. The van der Waals surface area contributed by atoms with E-state index in [1.165, 1.54) is 6.07 Å². The minimum Gasteiger partial charge on any atom is -0.250 e. The predicted octanol–water partition coefficient (Wildman–Crippen LogP) is 3.76. The quantitative estimate of drug-likeness (QED) is 0.767. The summed E-state index contributed by atoms with van der Waals surface area (Å²) in [5, 5.41) is 7.79. The zero-order chi connectivity index (χ0) is 13.2. The number of alkyl halides is 5. The summed E-state index contributed by atoms with van der Waals surface area (Å²) in [5.41, 5.74) is -3.36. The molecule has 8 heteroatoms. The molecule has 0 aliphatic carbocycles. The molecule has 0 unspecified atom stereocenters. The molecular formula is C9H4ClF5N2. The zero-order valence-corrected chi connectivity index (χ0v) is 8.78. The van der Waals surface area contributed by atoms with Crippen LogP contribution < -0.4 is 0 Å². The molecule has 0 radical (unpaired) electrons. The van der Waals surface area contributed by atoms with E-state index in [0.29, 0.717) is 6.20 Å². The average Bonchev–Trinajstić information content (AvgIpc) is 2.15. The van der Waals surface area contributed by atoms with Crippen LogP contribution in [0.3, 0.4) is 0 Å². The lowest BCUT2D eigenvalue weighted by Crippen LogP contribution is -2.14. The third-order valence-electron chi connectivity index (χ3n) is 1.92. The molecule has 0 bridgehead atoms. The van der Waals surface area contributed by atoms with Crippen LogP contribution in [0.2, 0.25) is 5.02 Å². The molecule has 17 heavy (non-hydrogen) atoms. The van der Waals surface area contributed by atoms with Crippen molar-refractivity contribution < 1.29 is 22.0 Å². The third kappa shape index (κ3) is 2.82. The number of pyridine rings is 1. The van der Waals surface area contributed by atoms with Gasteiger partial charge in [0.1, 0.15) is 5.69 Å². The highest BCUT2D eigenvalue weighted by Gasteiger charge is 2.38. The fourth-order valence-corrected chi connectivity index (χ4v) is 1.52. The molecular weight excluding hydrogens is 267 g/mol. The first kappa shape index (κ1) is 13.6. The van der Waals surface area contributed by atoms with Gasteiger partial charge in [0.2, 0.25) is 0 Å². The van der Waals surface area contributed by atoms with Gasteiger partial charge in [-0.3, -0.25) is 0 Å². The highest BCUT2D eigenvalue weighted by Crippen LogP contribution is 2.38. The van der Waals surface area contributed by atoms with Gasteiger partial charge >= 0.3 is 6.18 Å². The number of hydrogen-bond donors (Lipinski definition) is 0. The van der Waals surface area contributed by atoms with Crippen molar-refractivity contribution in [3.63, 3.8) is 0 Å². The smallest absolute Gasteiger partial charge is 0.250 e. The van der Waals surface area contributed by atoms with Gasteiger partial charge in [0.25, 0.3) is 6.43 Å². The van der Waals surface area contributed by atoms with Crippen molar-refractivity contribution in [2.45, 2.75) is 19.0 Å². The minimum atomic E-state index is -4.90. The Hall–Kier alpha value is -1.42. The van der Waals surface area contributed by atoms with Crippen LogP contribution in [0.1, 0.15) is 23.2 Å². The van der Waals surface area contributed by atoms with E-state index in [2.05, 4.69) is 4.98 Å². The van der Waals surface area contributed by atoms with E-state index in [4.69, 9.17) is 16.9 Å². The lowest BCUT2D eigenvalue weighted by molar-refractivity contribution is -0.141. The Morgan fingerprint density at radius 2 is 2.00 bits per heavy atom. The summed E-state index contributed by atoms with van der Waals surface area (Å²) in [5.74, 6) is 0. The molecule has 0 saturated carbocycles. The van der Waals surface area contributed by atoms with Crippen molar-refractivity contribution >= 4 is 11.6 Å². The molecule has 1 aromatic heterocycles. The van der Waals surface area contributed by atoms with E-state index in [1.54, 1.807) is 0 Å². The Morgan fingerprint density at radius 3 is 2.41 bits per heavy atom. The summed E-state index contributed by atoms with van der Waals surface area (Å²) in [7, 11) is 0. The summed E-state index contributed by atoms with van der Waals surface area (Å²) in [6, 6.07) is 1.39. The normalized spacial score (nSPS) is 11.6. The standard InChI is InChI=1S/C9H4ClF5N2/c10-5-3-17-7(9(13,14)15)4(1-2-16)6(5)8(11)12/h3,8H,1H2. The van der Waals surface area contributed by atoms with Gasteiger partial charge in [-0.05, 0) is 0 Å². The van der Waals surface area contributed by atoms with Crippen LogP contribution in [0.15, 0.2) is 6.20 Å². The second kappa shape index (κ2) is 4.84. The van der Waals surface area contributed by atoms with E-state index >= 15 is 0 Å². The van der Waals surface area contributed by atoms with Crippen molar-refractivity contribution in [2.75, 3.05) is 0 Å². The first-order chi connectivity index (χ1) is 7.79. The predicted molar refractivity (Wildman–Crippen MR) is 48.5 cm³/mol. The Kier molecular flexibility index (Phi) is 3.88. The van der Waals surface area contributed by atoms with E-state index in [-0.39, 0.29) is 0 Å². The van der Waals surface area contributed by atoms with Gasteiger partial charge in [-0.1, -0.05) is 11.6 Å². The van der Waals surface area contributed by atoms with Crippen molar-refractivity contribution in [3.8, 4) is 6.07 Å². The number of nitrogens with zero attached hydrogens (tertiary/aromatic N) is 2. The molecule has 1 rings (SSSR count). The first-order valence-corrected chi connectivity index (χ1v) is 4.56. The summed E-state index contributed by atoms with van der Waals surface area (Å²) in [6.45, 7) is 0. The molecule has 0 fully saturated rings. The Morgan fingerprint density at radius 1 is 1.41 bits per heavy atom. The van der Waals surface area contributed by atoms with Crippen LogP contribution in [0.4, 0.5) is 22.0 Å². The lowest BCUT2D eigenvalue weighted by Gasteiger charge is -2.14. The van der Waals surface area contributed by atoms with Crippen LogP contribution >= 0.6 is 11.6 Å². The molecule has 1 aromatic rings. The first-order valence-electron chi connectivity index (χ1n) is 4.18. The van der Waals surface area contributed by atoms with Crippen LogP contribution in [0, 0.1) is 11.3 Å². The molecule has 2 nitrogen and oxygen atoms in total. The van der Waals surface area contributed by atoms with Crippen LogP contribution in [0.25, 0.3) is 0 Å². The van der Waals surface area contributed by atoms with E-state index in [1.807, 2.05) is 0 Å². The fourth-order valence-electron chi connectivity index (χ4n) is 1.28. The monoisotopic (exact) mass is 270 g/mol. The SMILES string of the molecule is N#CCc1c(C(F)(F)F)ncc(Cl)c1C(F)F. The summed E-state index contributed by atoms with van der Waals surface area (Å²) >= 11 is 5.36. The number of nitriles is 1. The molecule has 0 atom stereocenters. The highest BCUT2D eigenvalue weighted by atomic mass is 35.5. The molecule has 1 heterocycles. The third-order valence-corrected chi connectivity index (χ3v) is 2.22. The van der Waals surface area contributed by atoms with Crippen molar-refractivity contribution in [1.29, 1.82) is 5.26 Å². The van der Waals surface area contributed by atoms with Crippen LogP contribution in [0.5, 0.6) is 0 Å². The van der Waals surface area contributed by atoms with Crippen LogP contribution in [-0.2, 0) is 12.6 Å². The molecule has 0 aliphatic heterocycles. The van der Waals surface area contributed by atoms with Gasteiger partial charge in [0.15, 0.2) is 0 Å². The zero-order valence-electron chi connectivity index (χ0n) is 8.02. The molecule has 92 valence electrons. The number of hydrogen-bond acceptors (Lipinski definition) is 2. The number of rotatable bonds is 2. The summed E-state index contributed by atoms with van der Waals surface area (Å²) in [6.07, 6.45) is -8.43. The van der Waals surface area contributed by atoms with Gasteiger partial charge in [0, 0.05) is 17.3 Å². The lowest BCUT2D eigenvalue weighted by atomic mass is 10.0. The van der Waals surface area contributed by atoms with Gasteiger partial charge in [-0.2, -0.15) is 18.4 Å². The van der Waals surface area contributed by atoms with Gasteiger partial charge in [-0.25, -0.2) is 13.8 Å². The highest BCUT2D eigenvalue weighted by molar-refractivity contribution is 6.31.